The van der Waals surface area contributed by atoms with Gasteiger partial charge in [0.2, 0.25) is 0 Å². The standard InChI is InChI=1S/C7H7ClF2N2O/c8-1-4-6(13)5(11)3(2-12-4)7(9)10/h2,7,13H,1H2,(H2,11,12). The first-order valence-electron chi connectivity index (χ1n) is 3.38. The van der Waals surface area contributed by atoms with E-state index in [2.05, 4.69) is 4.98 Å². The Hall–Kier alpha value is -1.10. The molecule has 0 amide bonds. The van der Waals surface area contributed by atoms with E-state index in [1.54, 1.807) is 0 Å². The maximum absolute atomic E-state index is 12.2. The highest BCUT2D eigenvalue weighted by Gasteiger charge is 2.17. The van der Waals surface area contributed by atoms with Crippen molar-refractivity contribution in [2.24, 2.45) is 0 Å². The minimum atomic E-state index is -2.75. The van der Waals surface area contributed by atoms with Gasteiger partial charge in [0.1, 0.15) is 0 Å². The highest BCUT2D eigenvalue weighted by Crippen LogP contribution is 2.33. The molecule has 0 bridgehead atoms. The molecule has 0 aliphatic carbocycles. The third kappa shape index (κ3) is 1.80. The summed E-state index contributed by atoms with van der Waals surface area (Å²) in [6, 6.07) is 0. The summed E-state index contributed by atoms with van der Waals surface area (Å²) in [6.07, 6.45) is -1.83. The van der Waals surface area contributed by atoms with Crippen LogP contribution in [0.2, 0.25) is 0 Å². The van der Waals surface area contributed by atoms with Crippen LogP contribution >= 0.6 is 11.6 Å². The molecular formula is C7H7ClF2N2O. The van der Waals surface area contributed by atoms with Crippen LogP contribution in [-0.2, 0) is 5.88 Å². The Morgan fingerprint density at radius 1 is 1.62 bits per heavy atom. The largest absolute Gasteiger partial charge is 0.504 e. The number of aromatic nitrogens is 1. The van der Waals surface area contributed by atoms with Gasteiger partial charge in [-0.05, 0) is 0 Å². The van der Waals surface area contributed by atoms with Crippen molar-refractivity contribution in [1.29, 1.82) is 0 Å². The zero-order valence-corrected chi connectivity index (χ0v) is 7.22. The molecule has 0 aromatic carbocycles. The average Bonchev–Trinajstić information content (AvgIpc) is 2.09. The topological polar surface area (TPSA) is 59.1 Å². The van der Waals surface area contributed by atoms with E-state index < -0.39 is 17.7 Å². The van der Waals surface area contributed by atoms with Gasteiger partial charge < -0.3 is 10.8 Å². The van der Waals surface area contributed by atoms with Crippen molar-refractivity contribution >= 4 is 17.3 Å². The van der Waals surface area contributed by atoms with Crippen molar-refractivity contribution < 1.29 is 13.9 Å². The molecule has 0 radical (unpaired) electrons. The number of hydrogen-bond acceptors (Lipinski definition) is 3. The second-order valence-electron chi connectivity index (χ2n) is 2.36. The summed E-state index contributed by atoms with van der Waals surface area (Å²) in [4.78, 5) is 3.54. The van der Waals surface area contributed by atoms with Gasteiger partial charge in [-0.3, -0.25) is 4.98 Å². The molecule has 1 aromatic rings. The van der Waals surface area contributed by atoms with Crippen molar-refractivity contribution in [3.8, 4) is 5.75 Å². The summed E-state index contributed by atoms with van der Waals surface area (Å²) in [5.74, 6) is -0.535. The number of pyridine rings is 1. The van der Waals surface area contributed by atoms with Crippen molar-refractivity contribution in [3.05, 3.63) is 17.5 Å². The number of hydrogen-bond donors (Lipinski definition) is 2. The summed E-state index contributed by atoms with van der Waals surface area (Å²) in [5.41, 5.74) is 4.49. The van der Waals surface area contributed by atoms with E-state index in [-0.39, 0.29) is 17.3 Å². The Labute approximate surface area is 78.1 Å². The van der Waals surface area contributed by atoms with Gasteiger partial charge in [0.15, 0.2) is 5.75 Å². The lowest BCUT2D eigenvalue weighted by atomic mass is 10.2. The fourth-order valence-electron chi connectivity index (χ4n) is 0.842. The highest BCUT2D eigenvalue weighted by molar-refractivity contribution is 6.17. The van der Waals surface area contributed by atoms with E-state index in [4.69, 9.17) is 17.3 Å². The number of nitrogens with zero attached hydrogens (tertiary/aromatic N) is 1. The fraction of sp³-hybridized carbons (Fsp3) is 0.286. The number of nitrogen functional groups attached to an aromatic ring is 1. The van der Waals surface area contributed by atoms with E-state index in [9.17, 15) is 13.9 Å². The van der Waals surface area contributed by atoms with Gasteiger partial charge in [-0.2, -0.15) is 0 Å². The lowest BCUT2D eigenvalue weighted by molar-refractivity contribution is 0.151. The fourth-order valence-corrected chi connectivity index (χ4v) is 1.04. The quantitative estimate of drug-likeness (QED) is 0.732. The highest BCUT2D eigenvalue weighted by atomic mass is 35.5. The van der Waals surface area contributed by atoms with E-state index in [0.717, 1.165) is 6.20 Å². The van der Waals surface area contributed by atoms with Crippen LogP contribution in [-0.4, -0.2) is 10.1 Å². The molecule has 1 rings (SSSR count). The van der Waals surface area contributed by atoms with Crippen molar-refractivity contribution in [2.75, 3.05) is 5.73 Å². The monoisotopic (exact) mass is 208 g/mol. The molecule has 0 unspecified atom stereocenters. The van der Waals surface area contributed by atoms with Gasteiger partial charge in [0.25, 0.3) is 6.43 Å². The van der Waals surface area contributed by atoms with E-state index in [1.807, 2.05) is 0 Å². The first-order chi connectivity index (χ1) is 6.07. The van der Waals surface area contributed by atoms with Gasteiger partial charge in [-0.25, -0.2) is 8.78 Å². The lowest BCUT2D eigenvalue weighted by Gasteiger charge is -2.07. The summed E-state index contributed by atoms with van der Waals surface area (Å²) in [7, 11) is 0. The summed E-state index contributed by atoms with van der Waals surface area (Å²) >= 11 is 5.37. The minimum absolute atomic E-state index is 0.0699. The second kappa shape index (κ2) is 3.74. The SMILES string of the molecule is Nc1c(C(F)F)cnc(CCl)c1O. The molecule has 13 heavy (non-hydrogen) atoms. The summed E-state index contributed by atoms with van der Waals surface area (Å²) in [6.45, 7) is 0. The van der Waals surface area contributed by atoms with Crippen LogP contribution in [0.4, 0.5) is 14.5 Å². The maximum Gasteiger partial charge on any atom is 0.267 e. The third-order valence-electron chi connectivity index (χ3n) is 1.56. The van der Waals surface area contributed by atoms with Crippen molar-refractivity contribution in [2.45, 2.75) is 12.3 Å². The van der Waals surface area contributed by atoms with Crippen LogP contribution in [0.3, 0.4) is 0 Å². The minimum Gasteiger partial charge on any atom is -0.504 e. The molecule has 0 saturated carbocycles. The predicted molar refractivity (Wildman–Crippen MR) is 44.8 cm³/mol. The Morgan fingerprint density at radius 2 is 2.23 bits per heavy atom. The first kappa shape index (κ1) is 9.98. The number of halogens is 3. The Balaban J connectivity index is 3.23. The smallest absolute Gasteiger partial charge is 0.267 e. The zero-order valence-electron chi connectivity index (χ0n) is 6.47. The van der Waals surface area contributed by atoms with Crippen LogP contribution in [0.5, 0.6) is 5.75 Å². The average molecular weight is 209 g/mol. The predicted octanol–water partition coefficient (Wildman–Crippen LogP) is 2.05. The van der Waals surface area contributed by atoms with Gasteiger partial charge in [0, 0.05) is 6.20 Å². The molecule has 0 aliphatic heterocycles. The van der Waals surface area contributed by atoms with Gasteiger partial charge in [-0.15, -0.1) is 11.6 Å². The van der Waals surface area contributed by atoms with Crippen molar-refractivity contribution in [1.82, 2.24) is 4.98 Å². The van der Waals surface area contributed by atoms with Gasteiger partial charge >= 0.3 is 0 Å². The van der Waals surface area contributed by atoms with Crippen LogP contribution in [0, 0.1) is 0 Å². The first-order valence-corrected chi connectivity index (χ1v) is 3.91. The number of anilines is 1. The molecule has 0 spiro atoms. The van der Waals surface area contributed by atoms with Crippen LogP contribution in [0.15, 0.2) is 6.20 Å². The van der Waals surface area contributed by atoms with E-state index >= 15 is 0 Å². The molecule has 6 heteroatoms. The second-order valence-corrected chi connectivity index (χ2v) is 2.62. The zero-order chi connectivity index (χ0) is 10.0. The molecular weight excluding hydrogens is 202 g/mol. The maximum atomic E-state index is 12.2. The lowest BCUT2D eigenvalue weighted by Crippen LogP contribution is -1.99. The third-order valence-corrected chi connectivity index (χ3v) is 1.81. The Morgan fingerprint density at radius 3 is 2.69 bits per heavy atom. The van der Waals surface area contributed by atoms with E-state index in [1.165, 1.54) is 0 Å². The summed E-state index contributed by atoms with van der Waals surface area (Å²) < 4.78 is 24.4. The Bertz CT molecular complexity index is 320. The number of alkyl halides is 3. The molecule has 0 aliphatic rings. The van der Waals surface area contributed by atoms with Gasteiger partial charge in [-0.1, -0.05) is 0 Å². The number of aromatic hydroxyl groups is 1. The molecule has 3 N–H and O–H groups in total. The van der Waals surface area contributed by atoms with Crippen LogP contribution < -0.4 is 5.73 Å². The van der Waals surface area contributed by atoms with Crippen LogP contribution in [0.25, 0.3) is 0 Å². The van der Waals surface area contributed by atoms with E-state index in [0.29, 0.717) is 0 Å². The number of rotatable bonds is 2. The van der Waals surface area contributed by atoms with Crippen LogP contribution in [0.1, 0.15) is 17.7 Å². The normalized spacial score (nSPS) is 10.8. The van der Waals surface area contributed by atoms with Gasteiger partial charge in [0.05, 0.1) is 22.8 Å². The number of nitrogens with two attached hydrogens (primary N) is 1. The molecule has 0 saturated heterocycles. The Kier molecular flexibility index (Phi) is 2.87. The molecule has 0 atom stereocenters. The molecule has 1 aromatic heterocycles. The molecule has 0 fully saturated rings. The summed E-state index contributed by atoms with van der Waals surface area (Å²) in [5, 5.41) is 9.22. The van der Waals surface area contributed by atoms with Crippen molar-refractivity contribution in [3.63, 3.8) is 0 Å². The molecule has 3 nitrogen and oxygen atoms in total. The molecule has 72 valence electrons. The molecule has 1 heterocycles.